The van der Waals surface area contributed by atoms with Crippen LogP contribution in [-0.2, 0) is 0 Å². The van der Waals surface area contributed by atoms with Crippen LogP contribution in [0, 0.1) is 0 Å². The van der Waals surface area contributed by atoms with Gasteiger partial charge in [-0.15, -0.1) is 0 Å². The van der Waals surface area contributed by atoms with E-state index in [0.29, 0.717) is 5.96 Å². The lowest BCUT2D eigenvalue weighted by Crippen LogP contribution is -2.36. The SMILES string of the molecule is NC(=NCCCN1CCC(O)CC1)Nc1ccccc1. The van der Waals surface area contributed by atoms with E-state index in [4.69, 9.17) is 5.73 Å². The number of aliphatic hydroxyl groups is 1. The van der Waals surface area contributed by atoms with E-state index in [-0.39, 0.29) is 6.10 Å². The van der Waals surface area contributed by atoms with Crippen molar-refractivity contribution < 1.29 is 5.11 Å². The Morgan fingerprint density at radius 1 is 1.30 bits per heavy atom. The van der Waals surface area contributed by atoms with Crippen LogP contribution < -0.4 is 11.1 Å². The van der Waals surface area contributed by atoms with E-state index in [1.165, 1.54) is 0 Å². The van der Waals surface area contributed by atoms with E-state index >= 15 is 0 Å². The van der Waals surface area contributed by atoms with Crippen LogP contribution in [0.15, 0.2) is 35.3 Å². The molecule has 0 radical (unpaired) electrons. The first-order chi connectivity index (χ1) is 9.74. The molecule has 0 bridgehead atoms. The second-order valence-electron chi connectivity index (χ2n) is 5.18. The van der Waals surface area contributed by atoms with Crippen LogP contribution in [0.3, 0.4) is 0 Å². The minimum Gasteiger partial charge on any atom is -0.393 e. The Hall–Kier alpha value is -1.59. The molecular weight excluding hydrogens is 252 g/mol. The molecule has 1 aromatic carbocycles. The van der Waals surface area contributed by atoms with Gasteiger partial charge >= 0.3 is 0 Å². The van der Waals surface area contributed by atoms with Gasteiger partial charge in [0.15, 0.2) is 5.96 Å². The van der Waals surface area contributed by atoms with Crippen molar-refractivity contribution in [1.82, 2.24) is 4.90 Å². The molecule has 1 aromatic rings. The minimum atomic E-state index is -0.102. The number of nitrogens with zero attached hydrogens (tertiary/aromatic N) is 2. The van der Waals surface area contributed by atoms with Gasteiger partial charge in [-0.1, -0.05) is 18.2 Å². The molecule has 4 N–H and O–H groups in total. The van der Waals surface area contributed by atoms with Gasteiger partial charge < -0.3 is 21.1 Å². The molecule has 1 heterocycles. The number of hydrogen-bond donors (Lipinski definition) is 3. The van der Waals surface area contributed by atoms with Crippen LogP contribution in [0.1, 0.15) is 19.3 Å². The summed E-state index contributed by atoms with van der Waals surface area (Å²) in [7, 11) is 0. The van der Waals surface area contributed by atoms with E-state index in [1.54, 1.807) is 0 Å². The molecule has 1 saturated heterocycles. The van der Waals surface area contributed by atoms with Gasteiger partial charge in [-0.2, -0.15) is 0 Å². The summed E-state index contributed by atoms with van der Waals surface area (Å²) >= 11 is 0. The molecule has 0 amide bonds. The number of hydrogen-bond acceptors (Lipinski definition) is 3. The lowest BCUT2D eigenvalue weighted by Gasteiger charge is -2.29. The Morgan fingerprint density at radius 2 is 2.00 bits per heavy atom. The fourth-order valence-electron chi connectivity index (χ4n) is 2.35. The maximum absolute atomic E-state index is 9.44. The fourth-order valence-corrected chi connectivity index (χ4v) is 2.35. The van der Waals surface area contributed by atoms with Crippen LogP contribution in [0.2, 0.25) is 0 Å². The summed E-state index contributed by atoms with van der Waals surface area (Å²) in [6.45, 7) is 3.73. The zero-order valence-corrected chi connectivity index (χ0v) is 11.8. The maximum Gasteiger partial charge on any atom is 0.193 e. The lowest BCUT2D eigenvalue weighted by atomic mass is 10.1. The number of aliphatic imine (C=N–C) groups is 1. The van der Waals surface area contributed by atoms with E-state index in [9.17, 15) is 5.11 Å². The van der Waals surface area contributed by atoms with Gasteiger partial charge in [0, 0.05) is 25.3 Å². The zero-order valence-electron chi connectivity index (χ0n) is 11.8. The number of anilines is 1. The van der Waals surface area contributed by atoms with Crippen molar-refractivity contribution in [2.24, 2.45) is 10.7 Å². The molecule has 0 spiro atoms. The first kappa shape index (κ1) is 14.8. The highest BCUT2D eigenvalue weighted by molar-refractivity contribution is 5.92. The molecule has 0 atom stereocenters. The van der Waals surface area contributed by atoms with Crippen molar-refractivity contribution in [1.29, 1.82) is 0 Å². The first-order valence-electron chi connectivity index (χ1n) is 7.26. The second kappa shape index (κ2) is 7.87. The molecule has 1 fully saturated rings. The molecule has 5 nitrogen and oxygen atoms in total. The summed E-state index contributed by atoms with van der Waals surface area (Å²) in [4.78, 5) is 6.70. The van der Waals surface area contributed by atoms with Crippen LogP contribution in [0.25, 0.3) is 0 Å². The molecule has 110 valence electrons. The smallest absolute Gasteiger partial charge is 0.193 e. The molecule has 0 unspecified atom stereocenters. The van der Waals surface area contributed by atoms with Gasteiger partial charge in [-0.25, -0.2) is 0 Å². The van der Waals surface area contributed by atoms with Crippen LogP contribution in [0.4, 0.5) is 5.69 Å². The van der Waals surface area contributed by atoms with Crippen LogP contribution in [-0.4, -0.2) is 48.2 Å². The average molecular weight is 276 g/mol. The van der Waals surface area contributed by atoms with Crippen LogP contribution >= 0.6 is 0 Å². The van der Waals surface area contributed by atoms with Crippen molar-refractivity contribution in [2.45, 2.75) is 25.4 Å². The Morgan fingerprint density at radius 3 is 2.70 bits per heavy atom. The third-order valence-corrected chi connectivity index (χ3v) is 3.52. The van der Waals surface area contributed by atoms with E-state index in [1.807, 2.05) is 30.3 Å². The number of benzene rings is 1. The van der Waals surface area contributed by atoms with Crippen molar-refractivity contribution in [3.63, 3.8) is 0 Å². The highest BCUT2D eigenvalue weighted by Crippen LogP contribution is 2.10. The minimum absolute atomic E-state index is 0.102. The molecule has 20 heavy (non-hydrogen) atoms. The molecule has 0 aromatic heterocycles. The van der Waals surface area contributed by atoms with Gasteiger partial charge in [0.05, 0.1) is 6.10 Å². The second-order valence-corrected chi connectivity index (χ2v) is 5.18. The van der Waals surface area contributed by atoms with Gasteiger partial charge in [0.25, 0.3) is 0 Å². The molecular formula is C15H24N4O. The van der Waals surface area contributed by atoms with E-state index in [0.717, 1.165) is 51.1 Å². The summed E-state index contributed by atoms with van der Waals surface area (Å²) in [5.41, 5.74) is 6.79. The third-order valence-electron chi connectivity index (χ3n) is 3.52. The topological polar surface area (TPSA) is 73.9 Å². The van der Waals surface area contributed by atoms with Gasteiger partial charge in [-0.05, 0) is 37.9 Å². The van der Waals surface area contributed by atoms with Crippen LogP contribution in [0.5, 0.6) is 0 Å². The molecule has 1 aliphatic rings. The van der Waals surface area contributed by atoms with Crippen molar-refractivity contribution in [3.05, 3.63) is 30.3 Å². The quantitative estimate of drug-likeness (QED) is 0.430. The number of rotatable bonds is 5. The largest absolute Gasteiger partial charge is 0.393 e. The summed E-state index contributed by atoms with van der Waals surface area (Å²) in [6, 6.07) is 9.80. The number of nitrogens with one attached hydrogen (secondary N) is 1. The summed E-state index contributed by atoms with van der Waals surface area (Å²) < 4.78 is 0. The molecule has 1 aliphatic heterocycles. The first-order valence-corrected chi connectivity index (χ1v) is 7.26. The number of piperidine rings is 1. The number of guanidine groups is 1. The van der Waals surface area contributed by atoms with E-state index in [2.05, 4.69) is 15.2 Å². The average Bonchev–Trinajstić information content (AvgIpc) is 2.46. The Bertz CT molecular complexity index is 413. The van der Waals surface area contributed by atoms with Gasteiger partial charge in [0.1, 0.15) is 0 Å². The summed E-state index contributed by atoms with van der Waals surface area (Å²) in [5.74, 6) is 0.463. The Balaban J connectivity index is 1.63. The van der Waals surface area contributed by atoms with Gasteiger partial charge in [0.2, 0.25) is 0 Å². The highest BCUT2D eigenvalue weighted by Gasteiger charge is 2.15. The lowest BCUT2D eigenvalue weighted by molar-refractivity contribution is 0.0824. The summed E-state index contributed by atoms with van der Waals surface area (Å²) in [5, 5.41) is 12.5. The van der Waals surface area contributed by atoms with Gasteiger partial charge in [-0.3, -0.25) is 4.99 Å². The Kier molecular flexibility index (Phi) is 5.83. The third kappa shape index (κ3) is 5.19. The van der Waals surface area contributed by atoms with Crippen molar-refractivity contribution in [3.8, 4) is 0 Å². The van der Waals surface area contributed by atoms with Crippen molar-refractivity contribution >= 4 is 11.6 Å². The van der Waals surface area contributed by atoms with E-state index < -0.39 is 0 Å². The molecule has 5 heteroatoms. The fraction of sp³-hybridized carbons (Fsp3) is 0.533. The maximum atomic E-state index is 9.44. The zero-order chi connectivity index (χ0) is 14.2. The summed E-state index contributed by atoms with van der Waals surface area (Å²) in [6.07, 6.45) is 2.67. The number of aliphatic hydroxyl groups excluding tert-OH is 1. The molecule has 0 saturated carbocycles. The monoisotopic (exact) mass is 276 g/mol. The number of nitrogens with two attached hydrogens (primary N) is 1. The predicted octanol–water partition coefficient (Wildman–Crippen LogP) is 1.26. The number of likely N-dealkylation sites (tertiary alicyclic amines) is 1. The highest BCUT2D eigenvalue weighted by atomic mass is 16.3. The molecule has 2 rings (SSSR count). The Labute approximate surface area is 120 Å². The van der Waals surface area contributed by atoms with Crippen molar-refractivity contribution in [2.75, 3.05) is 31.5 Å². The number of para-hydroxylation sites is 1. The normalized spacial score (nSPS) is 18.1. The predicted molar refractivity (Wildman–Crippen MR) is 82.9 cm³/mol. The molecule has 0 aliphatic carbocycles. The standard InChI is InChI=1S/C15H24N4O/c16-15(18-13-5-2-1-3-6-13)17-9-4-10-19-11-7-14(20)8-12-19/h1-3,5-6,14,20H,4,7-12H2,(H3,16,17,18).